The maximum absolute atomic E-state index is 12.2. The molecule has 1 amide bonds. The first kappa shape index (κ1) is 16.9. The molecule has 114 valence electrons. The van der Waals surface area contributed by atoms with Gasteiger partial charge in [-0.05, 0) is 51.2 Å². The first-order valence-electron chi connectivity index (χ1n) is 6.77. The average molecular weight is 290 g/mol. The van der Waals surface area contributed by atoms with Crippen LogP contribution in [-0.2, 0) is 4.79 Å². The number of nitrogens with one attached hydrogen (secondary N) is 1. The molecule has 1 unspecified atom stereocenters. The number of carboxylic acid groups (broad SMARTS) is 1. The molecule has 0 bridgehead atoms. The molecule has 0 aromatic heterocycles. The van der Waals surface area contributed by atoms with Gasteiger partial charge in [-0.25, -0.2) is 4.79 Å². The quantitative estimate of drug-likeness (QED) is 0.783. The van der Waals surface area contributed by atoms with Gasteiger partial charge in [0.05, 0.1) is 0 Å². The zero-order chi connectivity index (χ0) is 16.0. The number of carboxylic acids is 1. The molecule has 0 aliphatic carbocycles. The normalized spacial score (nSPS) is 12.6. The molecule has 0 heterocycles. The van der Waals surface area contributed by atoms with Crippen LogP contribution in [0, 0.1) is 6.92 Å². The van der Waals surface area contributed by atoms with Crippen molar-refractivity contribution < 1.29 is 14.7 Å². The predicted molar refractivity (Wildman–Crippen MR) is 83.3 cm³/mol. The van der Waals surface area contributed by atoms with E-state index >= 15 is 0 Å². The summed E-state index contributed by atoms with van der Waals surface area (Å²) in [5, 5.41) is 11.5. The predicted octanol–water partition coefficient (Wildman–Crippen LogP) is 1.77. The Kier molecular flexibility index (Phi) is 6.11. The Balaban J connectivity index is 2.83. The van der Waals surface area contributed by atoms with Gasteiger partial charge >= 0.3 is 5.97 Å². The van der Waals surface area contributed by atoms with Crippen LogP contribution in [0.4, 0.5) is 0 Å². The van der Waals surface area contributed by atoms with Crippen molar-refractivity contribution in [1.29, 1.82) is 0 Å². The summed E-state index contributed by atoms with van der Waals surface area (Å²) in [4.78, 5) is 24.8. The van der Waals surface area contributed by atoms with Crippen LogP contribution >= 0.6 is 0 Å². The summed E-state index contributed by atoms with van der Waals surface area (Å²) in [5.41, 5.74) is 2.11. The van der Waals surface area contributed by atoms with Crippen LogP contribution in [-0.4, -0.2) is 48.6 Å². The van der Waals surface area contributed by atoms with E-state index < -0.39 is 5.97 Å². The lowest BCUT2D eigenvalue weighted by Gasteiger charge is -2.20. The molecular weight excluding hydrogens is 268 g/mol. The van der Waals surface area contributed by atoms with E-state index in [4.69, 9.17) is 5.11 Å². The minimum atomic E-state index is -1.01. The number of hydrogen-bond acceptors (Lipinski definition) is 3. The first-order valence-corrected chi connectivity index (χ1v) is 6.77. The van der Waals surface area contributed by atoms with Crippen molar-refractivity contribution in [3.05, 3.63) is 41.0 Å². The maximum Gasteiger partial charge on any atom is 0.328 e. The van der Waals surface area contributed by atoms with E-state index in [1.165, 1.54) is 6.08 Å². The monoisotopic (exact) mass is 290 g/mol. The zero-order valence-corrected chi connectivity index (χ0v) is 12.9. The van der Waals surface area contributed by atoms with Crippen molar-refractivity contribution in [2.24, 2.45) is 0 Å². The summed E-state index contributed by atoms with van der Waals surface area (Å²) in [6, 6.07) is 5.54. The Morgan fingerprint density at radius 1 is 1.38 bits per heavy atom. The molecule has 5 nitrogen and oxygen atoms in total. The van der Waals surface area contributed by atoms with Crippen LogP contribution in [0.3, 0.4) is 0 Å². The summed E-state index contributed by atoms with van der Waals surface area (Å²) in [7, 11) is 3.92. The highest BCUT2D eigenvalue weighted by atomic mass is 16.4. The molecule has 5 heteroatoms. The van der Waals surface area contributed by atoms with Crippen molar-refractivity contribution in [1.82, 2.24) is 10.2 Å². The first-order chi connectivity index (χ1) is 9.81. The Morgan fingerprint density at radius 3 is 2.62 bits per heavy atom. The Morgan fingerprint density at radius 2 is 2.05 bits per heavy atom. The fourth-order valence-electron chi connectivity index (χ4n) is 1.67. The van der Waals surface area contributed by atoms with Gasteiger partial charge in [0.2, 0.25) is 0 Å². The van der Waals surface area contributed by atoms with Gasteiger partial charge < -0.3 is 15.3 Å². The number of carbonyl (C=O) groups excluding carboxylic acids is 1. The number of likely N-dealkylation sites (N-methyl/N-ethyl adjacent to an activating group) is 1. The molecule has 0 aliphatic heterocycles. The number of amides is 1. The standard InChI is InChI=1S/C16H22N2O3/c1-11-5-6-13(7-8-15(19)20)9-14(11)16(21)17-10-12(2)18(3)4/h5-9,12H,10H2,1-4H3,(H,17,21)(H,19,20). The highest BCUT2D eigenvalue weighted by Crippen LogP contribution is 2.12. The molecule has 0 spiro atoms. The second-order valence-electron chi connectivity index (χ2n) is 5.27. The van der Waals surface area contributed by atoms with E-state index in [1.54, 1.807) is 12.1 Å². The molecule has 0 fully saturated rings. The lowest BCUT2D eigenvalue weighted by molar-refractivity contribution is -0.131. The summed E-state index contributed by atoms with van der Waals surface area (Å²) >= 11 is 0. The largest absolute Gasteiger partial charge is 0.478 e. The second kappa shape index (κ2) is 7.59. The van der Waals surface area contributed by atoms with Crippen molar-refractivity contribution in [3.63, 3.8) is 0 Å². The Labute approximate surface area is 125 Å². The van der Waals surface area contributed by atoms with Crippen LogP contribution in [0.1, 0.15) is 28.4 Å². The molecule has 21 heavy (non-hydrogen) atoms. The van der Waals surface area contributed by atoms with Gasteiger partial charge in [-0.3, -0.25) is 4.79 Å². The summed E-state index contributed by atoms with van der Waals surface area (Å²) < 4.78 is 0. The lowest BCUT2D eigenvalue weighted by atomic mass is 10.0. The van der Waals surface area contributed by atoms with Crippen molar-refractivity contribution in [3.8, 4) is 0 Å². The highest BCUT2D eigenvalue weighted by molar-refractivity contribution is 5.96. The molecule has 1 rings (SSSR count). The van der Waals surface area contributed by atoms with Crippen LogP contribution in [0.5, 0.6) is 0 Å². The number of aryl methyl sites for hydroxylation is 1. The van der Waals surface area contributed by atoms with E-state index in [0.717, 1.165) is 11.6 Å². The third-order valence-corrected chi connectivity index (χ3v) is 3.36. The van der Waals surface area contributed by atoms with E-state index in [2.05, 4.69) is 5.32 Å². The number of rotatable bonds is 6. The number of benzene rings is 1. The highest BCUT2D eigenvalue weighted by Gasteiger charge is 2.11. The number of hydrogen-bond donors (Lipinski definition) is 2. The third kappa shape index (κ3) is 5.39. The number of carbonyl (C=O) groups is 2. The molecule has 1 aromatic rings. The van der Waals surface area contributed by atoms with Gasteiger partial charge in [0.25, 0.3) is 5.91 Å². The van der Waals surface area contributed by atoms with Gasteiger partial charge in [0.1, 0.15) is 0 Å². The molecule has 1 aromatic carbocycles. The van der Waals surface area contributed by atoms with Crippen LogP contribution in [0.25, 0.3) is 6.08 Å². The molecule has 1 atom stereocenters. The zero-order valence-electron chi connectivity index (χ0n) is 12.9. The fourth-order valence-corrected chi connectivity index (χ4v) is 1.67. The van der Waals surface area contributed by atoms with Gasteiger partial charge in [-0.1, -0.05) is 12.1 Å². The molecule has 0 radical (unpaired) electrons. The van der Waals surface area contributed by atoms with Gasteiger partial charge in [-0.2, -0.15) is 0 Å². The smallest absolute Gasteiger partial charge is 0.328 e. The summed E-state index contributed by atoms with van der Waals surface area (Å²) in [5.74, 6) is -1.16. The van der Waals surface area contributed by atoms with Crippen molar-refractivity contribution in [2.45, 2.75) is 19.9 Å². The Hall–Kier alpha value is -2.14. The van der Waals surface area contributed by atoms with Gasteiger partial charge in [-0.15, -0.1) is 0 Å². The molecule has 0 saturated heterocycles. The lowest BCUT2D eigenvalue weighted by Crippen LogP contribution is -2.38. The van der Waals surface area contributed by atoms with Crippen LogP contribution < -0.4 is 5.32 Å². The van der Waals surface area contributed by atoms with E-state index in [0.29, 0.717) is 17.7 Å². The minimum Gasteiger partial charge on any atom is -0.478 e. The Bertz CT molecular complexity index is 550. The molecule has 2 N–H and O–H groups in total. The molecule has 0 aliphatic rings. The number of nitrogens with zero attached hydrogens (tertiary/aromatic N) is 1. The van der Waals surface area contributed by atoms with Gasteiger partial charge in [0.15, 0.2) is 0 Å². The molecule has 0 saturated carbocycles. The van der Waals surface area contributed by atoms with Crippen molar-refractivity contribution >= 4 is 18.0 Å². The second-order valence-corrected chi connectivity index (χ2v) is 5.27. The van der Waals surface area contributed by atoms with E-state index in [-0.39, 0.29) is 11.9 Å². The summed E-state index contributed by atoms with van der Waals surface area (Å²) in [6.07, 6.45) is 2.53. The van der Waals surface area contributed by atoms with Crippen LogP contribution in [0.2, 0.25) is 0 Å². The maximum atomic E-state index is 12.2. The SMILES string of the molecule is Cc1ccc(C=CC(=O)O)cc1C(=O)NCC(C)N(C)C. The summed E-state index contributed by atoms with van der Waals surface area (Å²) in [6.45, 7) is 4.44. The topological polar surface area (TPSA) is 69.6 Å². The fraction of sp³-hybridized carbons (Fsp3) is 0.375. The van der Waals surface area contributed by atoms with E-state index in [9.17, 15) is 9.59 Å². The number of aliphatic carboxylic acids is 1. The third-order valence-electron chi connectivity index (χ3n) is 3.36. The van der Waals surface area contributed by atoms with E-state index in [1.807, 2.05) is 38.9 Å². The van der Waals surface area contributed by atoms with Crippen LogP contribution in [0.15, 0.2) is 24.3 Å². The molecular formula is C16H22N2O3. The minimum absolute atomic E-state index is 0.147. The average Bonchev–Trinajstić information content (AvgIpc) is 2.43. The van der Waals surface area contributed by atoms with Gasteiger partial charge in [0, 0.05) is 24.2 Å². The van der Waals surface area contributed by atoms with Crippen molar-refractivity contribution in [2.75, 3.05) is 20.6 Å².